The van der Waals surface area contributed by atoms with Gasteiger partial charge in [-0.05, 0) is 38.5 Å². The Kier molecular flexibility index (Phi) is 5.04. The number of carboxylic acids is 1. The van der Waals surface area contributed by atoms with Gasteiger partial charge >= 0.3 is 5.97 Å². The summed E-state index contributed by atoms with van der Waals surface area (Å²) < 4.78 is 12.4. The van der Waals surface area contributed by atoms with Crippen LogP contribution in [0.1, 0.15) is 67.1 Å². The zero-order chi connectivity index (χ0) is 22.5. The van der Waals surface area contributed by atoms with E-state index in [1.165, 1.54) is 0 Å². The van der Waals surface area contributed by atoms with E-state index in [2.05, 4.69) is 0 Å². The second kappa shape index (κ2) is 7.45. The van der Waals surface area contributed by atoms with Crippen LogP contribution in [-0.4, -0.2) is 33.7 Å². The van der Waals surface area contributed by atoms with Gasteiger partial charge in [-0.25, -0.2) is 0 Å². The number of phenols is 1. The molecule has 2 aromatic rings. The molecule has 2 aliphatic heterocycles. The number of phenolic OH excluding ortho intramolecular Hbond substituents is 1. The number of carbonyl (C=O) groups excluding carboxylic acids is 1. The van der Waals surface area contributed by atoms with Crippen LogP contribution in [0.25, 0.3) is 6.08 Å². The van der Waals surface area contributed by atoms with E-state index in [4.69, 9.17) is 9.47 Å². The van der Waals surface area contributed by atoms with Crippen molar-refractivity contribution in [2.24, 2.45) is 5.92 Å². The van der Waals surface area contributed by atoms with Crippen LogP contribution in [-0.2, 0) is 4.79 Å². The van der Waals surface area contributed by atoms with Gasteiger partial charge in [0, 0.05) is 11.5 Å². The highest BCUT2D eigenvalue weighted by molar-refractivity contribution is 6.06. The number of ether oxygens (including phenoxy) is 2. The van der Waals surface area contributed by atoms with Crippen LogP contribution in [0, 0.1) is 5.92 Å². The summed E-state index contributed by atoms with van der Waals surface area (Å²) in [7, 11) is 0. The Labute approximate surface area is 181 Å². The SMILES string of the molecule is C[C@H]1Oc2c(c(O)c3c(c2[C@H](CC(=O)O)c2ccccc2)OC(C)(C)C=C3)C(=O)[C@@H]1C. The van der Waals surface area contributed by atoms with Crippen LogP contribution in [0.5, 0.6) is 17.2 Å². The van der Waals surface area contributed by atoms with E-state index >= 15 is 0 Å². The Bertz CT molecular complexity index is 1080. The number of hydrogen-bond donors (Lipinski definition) is 2. The maximum Gasteiger partial charge on any atom is 0.304 e. The third kappa shape index (κ3) is 3.56. The molecule has 31 heavy (non-hydrogen) atoms. The van der Waals surface area contributed by atoms with E-state index in [0.29, 0.717) is 16.9 Å². The lowest BCUT2D eigenvalue weighted by Crippen LogP contribution is -2.36. The van der Waals surface area contributed by atoms with Crippen molar-refractivity contribution < 1.29 is 29.3 Å². The van der Waals surface area contributed by atoms with Gasteiger partial charge in [-0.1, -0.05) is 37.3 Å². The molecule has 0 radical (unpaired) electrons. The molecule has 162 valence electrons. The van der Waals surface area contributed by atoms with E-state index < -0.39 is 29.5 Å². The smallest absolute Gasteiger partial charge is 0.304 e. The largest absolute Gasteiger partial charge is 0.506 e. The molecule has 0 amide bonds. The first kappa shape index (κ1) is 21.0. The van der Waals surface area contributed by atoms with Crippen molar-refractivity contribution in [3.05, 3.63) is 58.7 Å². The molecule has 0 bridgehead atoms. The molecule has 0 aromatic heterocycles. The molecule has 0 spiro atoms. The summed E-state index contributed by atoms with van der Waals surface area (Å²) in [6.07, 6.45) is 2.89. The van der Waals surface area contributed by atoms with Crippen molar-refractivity contribution >= 4 is 17.8 Å². The highest BCUT2D eigenvalue weighted by atomic mass is 16.5. The Morgan fingerprint density at radius 2 is 1.84 bits per heavy atom. The molecule has 0 fully saturated rings. The van der Waals surface area contributed by atoms with Crippen molar-refractivity contribution in [1.29, 1.82) is 0 Å². The lowest BCUT2D eigenvalue weighted by molar-refractivity contribution is -0.137. The molecule has 2 aromatic carbocycles. The van der Waals surface area contributed by atoms with Crippen molar-refractivity contribution in [3.8, 4) is 17.2 Å². The fourth-order valence-electron chi connectivity index (χ4n) is 4.22. The van der Waals surface area contributed by atoms with E-state index in [1.807, 2.05) is 44.2 Å². The van der Waals surface area contributed by atoms with Crippen molar-refractivity contribution in [3.63, 3.8) is 0 Å². The quantitative estimate of drug-likeness (QED) is 0.736. The monoisotopic (exact) mass is 422 g/mol. The molecule has 6 heteroatoms. The number of aromatic hydroxyl groups is 1. The summed E-state index contributed by atoms with van der Waals surface area (Å²) in [5.41, 5.74) is 1.04. The topological polar surface area (TPSA) is 93.1 Å². The molecule has 0 saturated carbocycles. The number of carboxylic acid groups (broad SMARTS) is 1. The van der Waals surface area contributed by atoms with E-state index in [-0.39, 0.29) is 29.3 Å². The molecule has 4 rings (SSSR count). The number of benzene rings is 2. The minimum atomic E-state index is -0.987. The maximum absolute atomic E-state index is 13.2. The van der Waals surface area contributed by atoms with E-state index in [1.54, 1.807) is 26.0 Å². The van der Waals surface area contributed by atoms with Crippen LogP contribution in [0.4, 0.5) is 0 Å². The first-order valence-electron chi connectivity index (χ1n) is 10.4. The van der Waals surface area contributed by atoms with Crippen molar-refractivity contribution in [1.82, 2.24) is 0 Å². The summed E-state index contributed by atoms with van der Waals surface area (Å²) in [6.45, 7) is 7.30. The van der Waals surface area contributed by atoms with Crippen LogP contribution in [0.2, 0.25) is 0 Å². The van der Waals surface area contributed by atoms with Gasteiger partial charge in [0.15, 0.2) is 5.78 Å². The molecule has 0 saturated heterocycles. The fraction of sp³-hybridized carbons (Fsp3) is 0.360. The van der Waals surface area contributed by atoms with Crippen LogP contribution >= 0.6 is 0 Å². The van der Waals surface area contributed by atoms with Gasteiger partial charge in [0.05, 0.1) is 17.9 Å². The third-order valence-corrected chi connectivity index (χ3v) is 6.07. The third-order valence-electron chi connectivity index (χ3n) is 6.07. The molecule has 0 unspecified atom stereocenters. The summed E-state index contributed by atoms with van der Waals surface area (Å²) in [6, 6.07) is 9.23. The highest BCUT2D eigenvalue weighted by Crippen LogP contribution is 2.54. The Hall–Kier alpha value is -3.28. The molecule has 6 nitrogen and oxygen atoms in total. The number of hydrogen-bond acceptors (Lipinski definition) is 5. The molecular weight excluding hydrogens is 396 g/mol. The zero-order valence-corrected chi connectivity index (χ0v) is 18.0. The first-order chi connectivity index (χ1) is 14.6. The van der Waals surface area contributed by atoms with Gasteiger partial charge in [-0.3, -0.25) is 9.59 Å². The van der Waals surface area contributed by atoms with E-state index in [9.17, 15) is 19.8 Å². The van der Waals surface area contributed by atoms with Gasteiger partial charge in [0.1, 0.15) is 34.5 Å². The molecule has 2 heterocycles. The minimum Gasteiger partial charge on any atom is -0.506 e. The zero-order valence-electron chi connectivity index (χ0n) is 18.0. The van der Waals surface area contributed by atoms with E-state index in [0.717, 1.165) is 5.56 Å². The van der Waals surface area contributed by atoms with Gasteiger partial charge in [-0.15, -0.1) is 0 Å². The average molecular weight is 422 g/mol. The second-order valence-corrected chi connectivity index (χ2v) is 8.79. The highest BCUT2D eigenvalue weighted by Gasteiger charge is 2.42. The molecule has 0 aliphatic carbocycles. The maximum atomic E-state index is 13.2. The van der Waals surface area contributed by atoms with Crippen LogP contribution in [0.3, 0.4) is 0 Å². The predicted octanol–water partition coefficient (Wildman–Crippen LogP) is 4.78. The summed E-state index contributed by atoms with van der Waals surface area (Å²) in [5.74, 6) is -1.90. The molecule has 2 aliphatic rings. The Morgan fingerprint density at radius 3 is 2.48 bits per heavy atom. The van der Waals surface area contributed by atoms with Gasteiger partial charge in [0.2, 0.25) is 0 Å². The first-order valence-corrected chi connectivity index (χ1v) is 10.4. The van der Waals surface area contributed by atoms with Gasteiger partial charge < -0.3 is 19.7 Å². The summed E-state index contributed by atoms with van der Waals surface area (Å²) in [4.78, 5) is 25.0. The van der Waals surface area contributed by atoms with Crippen LogP contribution < -0.4 is 9.47 Å². The normalized spacial score (nSPS) is 22.0. The van der Waals surface area contributed by atoms with Gasteiger partial charge in [-0.2, -0.15) is 0 Å². The van der Waals surface area contributed by atoms with Crippen molar-refractivity contribution in [2.75, 3.05) is 0 Å². The summed E-state index contributed by atoms with van der Waals surface area (Å²) >= 11 is 0. The Morgan fingerprint density at radius 1 is 1.16 bits per heavy atom. The standard InChI is InChI=1S/C25H26O6/c1-13-14(2)30-24-19(17(12-18(26)27)15-8-6-5-7-9-15)23-16(10-11-25(3,4)31-23)22(29)20(24)21(13)28/h5-11,13-14,17,29H,12H2,1-4H3,(H,26,27)/t13-,14-,17-/m1/s1. The number of aliphatic carboxylic acids is 1. The number of Topliss-reactive ketones (excluding diaryl/α,β-unsaturated/α-hetero) is 1. The second-order valence-electron chi connectivity index (χ2n) is 8.79. The Balaban J connectivity index is 2.08. The number of ketones is 1. The fourth-order valence-corrected chi connectivity index (χ4v) is 4.22. The molecular formula is C25H26O6. The average Bonchev–Trinajstić information content (AvgIpc) is 2.70. The van der Waals surface area contributed by atoms with Gasteiger partial charge in [0.25, 0.3) is 0 Å². The minimum absolute atomic E-state index is 0.0960. The van der Waals surface area contributed by atoms with Crippen molar-refractivity contribution in [2.45, 2.75) is 51.7 Å². The van der Waals surface area contributed by atoms with Crippen LogP contribution in [0.15, 0.2) is 36.4 Å². The number of rotatable bonds is 4. The number of carbonyl (C=O) groups is 2. The number of fused-ring (bicyclic) bond motifs is 2. The lowest BCUT2D eigenvalue weighted by atomic mass is 9.80. The summed E-state index contributed by atoms with van der Waals surface area (Å²) in [5, 5.41) is 20.7. The lowest BCUT2D eigenvalue weighted by Gasteiger charge is -2.37. The molecule has 3 atom stereocenters. The molecule has 2 N–H and O–H groups in total. The predicted molar refractivity (Wildman–Crippen MR) is 116 cm³/mol.